The molecule has 0 fully saturated rings. The first-order valence-corrected chi connectivity index (χ1v) is 8.07. The van der Waals surface area contributed by atoms with Gasteiger partial charge in [-0.3, -0.25) is 9.59 Å². The molecule has 128 valence electrons. The van der Waals surface area contributed by atoms with Crippen LogP contribution >= 0.6 is 0 Å². The highest BCUT2D eigenvalue weighted by Gasteiger charge is 2.01. The van der Waals surface area contributed by atoms with E-state index in [0.29, 0.717) is 19.4 Å². The van der Waals surface area contributed by atoms with Crippen molar-refractivity contribution in [2.24, 2.45) is 0 Å². The van der Waals surface area contributed by atoms with Gasteiger partial charge in [0, 0.05) is 12.8 Å². The molecule has 0 aliphatic carbocycles. The van der Waals surface area contributed by atoms with Crippen LogP contribution in [0, 0.1) is 0 Å². The fourth-order valence-corrected chi connectivity index (χ4v) is 2.02. The van der Waals surface area contributed by atoms with E-state index in [1.165, 1.54) is 5.56 Å². The third-order valence-electron chi connectivity index (χ3n) is 3.24. The molecule has 4 heteroatoms. The average molecular weight is 328 g/mol. The van der Waals surface area contributed by atoms with Crippen LogP contribution in [-0.2, 0) is 27.2 Å². The van der Waals surface area contributed by atoms with Crippen LogP contribution < -0.4 is 0 Å². The molecular weight excluding hydrogens is 304 g/mol. The van der Waals surface area contributed by atoms with Crippen LogP contribution in [0.1, 0.15) is 30.9 Å². The second-order valence-corrected chi connectivity index (χ2v) is 5.17. The van der Waals surface area contributed by atoms with Gasteiger partial charge in [0.1, 0.15) is 0 Å². The number of carboxylic acids is 1. The fraction of sp³-hybridized carbons (Fsp3) is 0.300. The summed E-state index contributed by atoms with van der Waals surface area (Å²) in [4.78, 5) is 21.2. The van der Waals surface area contributed by atoms with Crippen LogP contribution in [0.3, 0.4) is 0 Å². The topological polar surface area (TPSA) is 63.6 Å². The summed E-state index contributed by atoms with van der Waals surface area (Å²) in [6, 6.07) is 19.6. The Hall–Kier alpha value is -2.62. The van der Waals surface area contributed by atoms with Crippen molar-refractivity contribution in [2.75, 3.05) is 6.61 Å². The quantitative estimate of drug-likeness (QED) is 0.783. The standard InChI is InChI=1S/C11H14O2.C9H10O2/c1-2-13-11(12)9-8-10-6-4-3-5-7-10;10-9(11)7-6-8-4-2-1-3-5-8/h3-7H,2,8-9H2,1H3;1-5H,6-7H2,(H,10,11). The highest BCUT2D eigenvalue weighted by Crippen LogP contribution is 2.03. The van der Waals surface area contributed by atoms with Crippen LogP contribution in [0.5, 0.6) is 0 Å². The number of rotatable bonds is 7. The van der Waals surface area contributed by atoms with E-state index >= 15 is 0 Å². The van der Waals surface area contributed by atoms with E-state index in [1.807, 2.05) is 67.6 Å². The summed E-state index contributed by atoms with van der Waals surface area (Å²) in [6.07, 6.45) is 2.07. The van der Waals surface area contributed by atoms with E-state index in [-0.39, 0.29) is 12.4 Å². The molecule has 1 N–H and O–H groups in total. The van der Waals surface area contributed by atoms with Gasteiger partial charge in [-0.25, -0.2) is 0 Å². The van der Waals surface area contributed by atoms with E-state index in [4.69, 9.17) is 9.84 Å². The van der Waals surface area contributed by atoms with Crippen molar-refractivity contribution in [2.45, 2.75) is 32.6 Å². The zero-order valence-corrected chi connectivity index (χ0v) is 14.0. The number of hydrogen-bond donors (Lipinski definition) is 1. The molecule has 0 atom stereocenters. The Labute approximate surface area is 143 Å². The zero-order chi connectivity index (χ0) is 17.6. The first kappa shape index (κ1) is 19.4. The molecule has 0 heterocycles. The largest absolute Gasteiger partial charge is 0.481 e. The number of hydrogen-bond acceptors (Lipinski definition) is 3. The third-order valence-corrected chi connectivity index (χ3v) is 3.24. The van der Waals surface area contributed by atoms with Crippen LogP contribution in [0.4, 0.5) is 0 Å². The number of ether oxygens (including phenoxy) is 1. The lowest BCUT2D eigenvalue weighted by molar-refractivity contribution is -0.143. The van der Waals surface area contributed by atoms with Gasteiger partial charge in [0.25, 0.3) is 0 Å². The van der Waals surface area contributed by atoms with E-state index in [9.17, 15) is 9.59 Å². The number of carbonyl (C=O) groups is 2. The van der Waals surface area contributed by atoms with Crippen molar-refractivity contribution in [1.82, 2.24) is 0 Å². The maximum absolute atomic E-state index is 11.0. The minimum absolute atomic E-state index is 0.119. The highest BCUT2D eigenvalue weighted by molar-refractivity contribution is 5.69. The molecule has 0 amide bonds. The van der Waals surface area contributed by atoms with Crippen LogP contribution in [0.2, 0.25) is 0 Å². The van der Waals surface area contributed by atoms with Gasteiger partial charge in [0.05, 0.1) is 6.61 Å². The molecule has 0 unspecified atom stereocenters. The molecule has 0 saturated carbocycles. The Kier molecular flexibility index (Phi) is 9.62. The van der Waals surface area contributed by atoms with Gasteiger partial charge in [-0.1, -0.05) is 60.7 Å². The van der Waals surface area contributed by atoms with Crippen LogP contribution in [0.15, 0.2) is 60.7 Å². The van der Waals surface area contributed by atoms with Crippen LogP contribution in [-0.4, -0.2) is 23.7 Å². The molecule has 0 radical (unpaired) electrons. The molecule has 0 aromatic heterocycles. The maximum atomic E-state index is 11.0. The monoisotopic (exact) mass is 328 g/mol. The fourth-order valence-electron chi connectivity index (χ4n) is 2.02. The predicted molar refractivity (Wildman–Crippen MR) is 93.8 cm³/mol. The third kappa shape index (κ3) is 9.41. The molecule has 2 aromatic rings. The van der Waals surface area contributed by atoms with E-state index in [2.05, 4.69) is 0 Å². The molecule has 0 aliphatic rings. The van der Waals surface area contributed by atoms with Gasteiger partial charge in [-0.2, -0.15) is 0 Å². The number of esters is 1. The number of aryl methyl sites for hydroxylation is 2. The van der Waals surface area contributed by atoms with Crippen molar-refractivity contribution in [1.29, 1.82) is 0 Å². The summed E-state index contributed by atoms with van der Waals surface area (Å²) in [5.74, 6) is -0.861. The van der Waals surface area contributed by atoms with E-state index in [1.54, 1.807) is 0 Å². The Bertz CT molecular complexity index is 594. The molecule has 0 aliphatic heterocycles. The van der Waals surface area contributed by atoms with Crippen LogP contribution in [0.25, 0.3) is 0 Å². The lowest BCUT2D eigenvalue weighted by Gasteiger charge is -2.01. The normalized spacial score (nSPS) is 9.54. The molecule has 2 aromatic carbocycles. The molecule has 0 bridgehead atoms. The van der Waals surface area contributed by atoms with Gasteiger partial charge in [0.2, 0.25) is 0 Å². The molecule has 0 spiro atoms. The second-order valence-electron chi connectivity index (χ2n) is 5.17. The van der Waals surface area contributed by atoms with Crippen molar-refractivity contribution < 1.29 is 19.4 Å². The summed E-state index contributed by atoms with van der Waals surface area (Å²) >= 11 is 0. The molecule has 4 nitrogen and oxygen atoms in total. The summed E-state index contributed by atoms with van der Waals surface area (Å²) in [7, 11) is 0. The summed E-state index contributed by atoms with van der Waals surface area (Å²) in [5.41, 5.74) is 2.26. The lowest BCUT2D eigenvalue weighted by atomic mass is 10.1. The van der Waals surface area contributed by atoms with Crippen molar-refractivity contribution >= 4 is 11.9 Å². The molecule has 0 saturated heterocycles. The molecule has 2 rings (SSSR count). The predicted octanol–water partition coefficient (Wildman–Crippen LogP) is 3.89. The Morgan fingerprint density at radius 1 is 0.833 bits per heavy atom. The summed E-state index contributed by atoms with van der Waals surface area (Å²) < 4.78 is 4.82. The van der Waals surface area contributed by atoms with Crippen molar-refractivity contribution in [3.05, 3.63) is 71.8 Å². The Morgan fingerprint density at radius 2 is 1.29 bits per heavy atom. The SMILES string of the molecule is CCOC(=O)CCc1ccccc1.O=C(O)CCc1ccccc1. The summed E-state index contributed by atoms with van der Waals surface area (Å²) in [5, 5.41) is 8.37. The number of carboxylic acid groups (broad SMARTS) is 1. The summed E-state index contributed by atoms with van der Waals surface area (Å²) in [6.45, 7) is 2.29. The minimum atomic E-state index is -0.742. The van der Waals surface area contributed by atoms with Gasteiger partial charge in [-0.05, 0) is 30.9 Å². The first-order valence-electron chi connectivity index (χ1n) is 8.07. The molecule has 24 heavy (non-hydrogen) atoms. The van der Waals surface area contributed by atoms with Gasteiger partial charge >= 0.3 is 11.9 Å². The number of aliphatic carboxylic acids is 1. The first-order chi connectivity index (χ1) is 11.6. The average Bonchev–Trinajstić information content (AvgIpc) is 2.61. The minimum Gasteiger partial charge on any atom is -0.481 e. The highest BCUT2D eigenvalue weighted by atomic mass is 16.5. The Balaban J connectivity index is 0.000000243. The van der Waals surface area contributed by atoms with Crippen molar-refractivity contribution in [3.8, 4) is 0 Å². The van der Waals surface area contributed by atoms with Gasteiger partial charge in [-0.15, -0.1) is 0 Å². The zero-order valence-electron chi connectivity index (χ0n) is 14.0. The van der Waals surface area contributed by atoms with Gasteiger partial charge in [0.15, 0.2) is 0 Å². The number of carbonyl (C=O) groups excluding carboxylic acids is 1. The maximum Gasteiger partial charge on any atom is 0.306 e. The van der Waals surface area contributed by atoms with E-state index < -0.39 is 5.97 Å². The lowest BCUT2D eigenvalue weighted by Crippen LogP contribution is -2.04. The van der Waals surface area contributed by atoms with E-state index in [0.717, 1.165) is 12.0 Å². The number of benzene rings is 2. The Morgan fingerprint density at radius 3 is 1.71 bits per heavy atom. The van der Waals surface area contributed by atoms with Gasteiger partial charge < -0.3 is 9.84 Å². The van der Waals surface area contributed by atoms with Crippen molar-refractivity contribution in [3.63, 3.8) is 0 Å². The second kappa shape index (κ2) is 11.9. The smallest absolute Gasteiger partial charge is 0.306 e. The molecular formula is C20H24O4.